The quantitative estimate of drug-likeness (QED) is 0.513. The monoisotopic (exact) mass is 500 g/mol. The predicted molar refractivity (Wildman–Crippen MR) is 119 cm³/mol. The molecule has 9 heteroatoms. The predicted octanol–water partition coefficient (Wildman–Crippen LogP) is 4.94. The third-order valence-electron chi connectivity index (χ3n) is 4.99. The van der Waals surface area contributed by atoms with Crippen molar-refractivity contribution < 1.29 is 14.2 Å². The molecule has 1 atom stereocenters. The molecule has 0 saturated heterocycles. The summed E-state index contributed by atoms with van der Waals surface area (Å²) in [4.78, 5) is 0. The van der Waals surface area contributed by atoms with E-state index in [9.17, 15) is 5.26 Å². The average molecular weight is 502 g/mol. The molecule has 7 nitrogen and oxygen atoms in total. The maximum absolute atomic E-state index is 9.75. The second-order valence-corrected chi connectivity index (χ2v) is 8.24. The van der Waals surface area contributed by atoms with Gasteiger partial charge in [0.1, 0.15) is 18.2 Å². The minimum absolute atomic E-state index is 0.0304. The van der Waals surface area contributed by atoms with Crippen LogP contribution in [-0.2, 0) is 6.61 Å². The van der Waals surface area contributed by atoms with E-state index in [1.807, 2.05) is 43.3 Å². The number of halogens is 2. The average Bonchev–Trinajstić information content (AvgIpc) is 3.11. The van der Waals surface area contributed by atoms with Crippen LogP contribution in [0.25, 0.3) is 0 Å². The van der Waals surface area contributed by atoms with Crippen LogP contribution in [0.15, 0.2) is 52.3 Å². The fourth-order valence-corrected chi connectivity index (χ4v) is 4.35. The number of allylic oxidation sites excluding steroid dienone is 1. The summed E-state index contributed by atoms with van der Waals surface area (Å²) in [6.45, 7) is 2.18. The highest BCUT2D eigenvalue weighted by Crippen LogP contribution is 2.46. The number of aromatic amines is 1. The van der Waals surface area contributed by atoms with Crippen molar-refractivity contribution >= 4 is 27.5 Å². The van der Waals surface area contributed by atoms with Gasteiger partial charge in [0, 0.05) is 16.3 Å². The molecule has 1 aliphatic heterocycles. The van der Waals surface area contributed by atoms with E-state index in [1.165, 1.54) is 0 Å². The van der Waals surface area contributed by atoms with Crippen LogP contribution in [0.1, 0.15) is 28.3 Å². The highest BCUT2D eigenvalue weighted by Gasteiger charge is 2.35. The van der Waals surface area contributed by atoms with Gasteiger partial charge in [-0.15, -0.1) is 5.10 Å². The van der Waals surface area contributed by atoms with Crippen LogP contribution in [0.4, 0.5) is 0 Å². The van der Waals surface area contributed by atoms with Crippen LogP contribution in [0.5, 0.6) is 17.4 Å². The molecule has 0 bridgehead atoms. The number of fused-ring (bicyclic) bond motifs is 1. The summed E-state index contributed by atoms with van der Waals surface area (Å²) < 4.78 is 17.8. The van der Waals surface area contributed by atoms with Gasteiger partial charge >= 0.3 is 0 Å². The summed E-state index contributed by atoms with van der Waals surface area (Å²) in [5, 5.41) is 17.4. The molecule has 158 valence electrons. The Bertz CT molecular complexity index is 1230. The summed E-state index contributed by atoms with van der Waals surface area (Å²) in [6.07, 6.45) is 0. The van der Waals surface area contributed by atoms with Gasteiger partial charge in [-0.1, -0.05) is 23.7 Å². The first-order chi connectivity index (χ1) is 14.9. The van der Waals surface area contributed by atoms with Crippen molar-refractivity contribution in [3.05, 3.63) is 79.7 Å². The zero-order chi connectivity index (χ0) is 22.1. The molecule has 0 unspecified atom stereocenters. The summed E-state index contributed by atoms with van der Waals surface area (Å²) in [5.41, 5.74) is 9.57. The van der Waals surface area contributed by atoms with Gasteiger partial charge in [-0.25, -0.2) is 0 Å². The van der Waals surface area contributed by atoms with E-state index in [-0.39, 0.29) is 5.88 Å². The molecule has 1 aromatic heterocycles. The zero-order valence-electron chi connectivity index (χ0n) is 16.7. The molecule has 0 amide bonds. The molecule has 0 fully saturated rings. The van der Waals surface area contributed by atoms with E-state index in [0.29, 0.717) is 39.1 Å². The van der Waals surface area contributed by atoms with Crippen LogP contribution in [-0.4, -0.2) is 17.3 Å². The number of aromatic nitrogens is 2. The molecule has 2 heterocycles. The van der Waals surface area contributed by atoms with Crippen molar-refractivity contribution in [2.75, 3.05) is 7.11 Å². The second kappa shape index (κ2) is 8.53. The number of hydrogen-bond acceptors (Lipinski definition) is 6. The molecule has 31 heavy (non-hydrogen) atoms. The Hall–Kier alpha value is -3.15. The van der Waals surface area contributed by atoms with Gasteiger partial charge in [0.05, 0.1) is 17.5 Å². The smallest absolute Gasteiger partial charge is 0.244 e. The third kappa shape index (κ3) is 3.94. The van der Waals surface area contributed by atoms with Gasteiger partial charge in [0.2, 0.25) is 11.8 Å². The van der Waals surface area contributed by atoms with Gasteiger partial charge in [-0.2, -0.15) is 5.26 Å². The highest BCUT2D eigenvalue weighted by atomic mass is 79.9. The minimum Gasteiger partial charge on any atom is -0.493 e. The van der Waals surface area contributed by atoms with Crippen LogP contribution >= 0.6 is 27.5 Å². The van der Waals surface area contributed by atoms with Gasteiger partial charge in [0.25, 0.3) is 0 Å². The first-order valence-corrected chi connectivity index (χ1v) is 10.5. The normalized spacial score (nSPS) is 15.1. The maximum Gasteiger partial charge on any atom is 0.244 e. The Labute approximate surface area is 192 Å². The number of ether oxygens (including phenoxy) is 3. The molecule has 0 saturated carbocycles. The topological polar surface area (TPSA) is 106 Å². The van der Waals surface area contributed by atoms with Crippen LogP contribution in [0, 0.1) is 18.3 Å². The Morgan fingerprint density at radius 1 is 1.35 bits per heavy atom. The van der Waals surface area contributed by atoms with E-state index >= 15 is 0 Å². The number of nitrogens with one attached hydrogen (secondary N) is 1. The van der Waals surface area contributed by atoms with E-state index in [1.54, 1.807) is 7.11 Å². The Kier molecular flexibility index (Phi) is 5.81. The van der Waals surface area contributed by atoms with Crippen LogP contribution < -0.4 is 19.9 Å². The van der Waals surface area contributed by atoms with Gasteiger partial charge < -0.3 is 19.9 Å². The Morgan fingerprint density at radius 3 is 2.87 bits per heavy atom. The number of nitrogens with zero attached hydrogens (tertiary/aromatic N) is 2. The van der Waals surface area contributed by atoms with Gasteiger partial charge in [0.15, 0.2) is 11.5 Å². The molecule has 4 rings (SSSR count). The molecule has 0 spiro atoms. The number of hydrogen-bond donors (Lipinski definition) is 2. The van der Waals surface area contributed by atoms with Crippen molar-refractivity contribution in [1.29, 1.82) is 5.26 Å². The largest absolute Gasteiger partial charge is 0.493 e. The van der Waals surface area contributed by atoms with Crippen molar-refractivity contribution in [2.45, 2.75) is 19.4 Å². The second-order valence-electron chi connectivity index (χ2n) is 6.94. The van der Waals surface area contributed by atoms with E-state index in [2.05, 4.69) is 32.2 Å². The first kappa shape index (κ1) is 21.1. The molecule has 2 aromatic carbocycles. The fourth-order valence-electron chi connectivity index (χ4n) is 3.56. The number of nitriles is 1. The molecule has 0 radical (unpaired) electrons. The Balaban J connectivity index is 1.74. The molecule has 3 N–H and O–H groups in total. The number of rotatable bonds is 5. The molecular formula is C22H18BrClN4O3. The van der Waals surface area contributed by atoms with Crippen molar-refractivity contribution in [3.63, 3.8) is 0 Å². The SMILES string of the molecule is COc1cc([C@@H]2C(C#N)=C(N)Oc3n[nH]c(C)c32)cc(Br)c1OCc1cccc(Cl)c1. The highest BCUT2D eigenvalue weighted by molar-refractivity contribution is 9.10. The van der Waals surface area contributed by atoms with Crippen molar-refractivity contribution in [2.24, 2.45) is 5.73 Å². The number of methoxy groups -OCH3 is 1. The summed E-state index contributed by atoms with van der Waals surface area (Å²) in [7, 11) is 1.56. The molecular weight excluding hydrogens is 484 g/mol. The lowest BCUT2D eigenvalue weighted by Crippen LogP contribution is -2.21. The molecule has 0 aliphatic carbocycles. The lowest BCUT2D eigenvalue weighted by atomic mass is 9.84. The number of aryl methyl sites for hydroxylation is 1. The first-order valence-electron chi connectivity index (χ1n) is 9.30. The lowest BCUT2D eigenvalue weighted by molar-refractivity contribution is 0.282. The summed E-state index contributed by atoms with van der Waals surface area (Å²) in [5.74, 6) is 0.979. The fraction of sp³-hybridized carbons (Fsp3) is 0.182. The Morgan fingerprint density at radius 2 is 2.16 bits per heavy atom. The van der Waals surface area contributed by atoms with Crippen LogP contribution in [0.3, 0.4) is 0 Å². The summed E-state index contributed by atoms with van der Waals surface area (Å²) >= 11 is 9.64. The summed E-state index contributed by atoms with van der Waals surface area (Å²) in [6, 6.07) is 13.3. The van der Waals surface area contributed by atoms with Crippen molar-refractivity contribution in [1.82, 2.24) is 10.2 Å². The number of nitrogens with two attached hydrogens (primary N) is 1. The van der Waals surface area contributed by atoms with E-state index < -0.39 is 5.92 Å². The van der Waals surface area contributed by atoms with E-state index in [4.69, 9.17) is 31.5 Å². The standard InChI is InChI=1S/C22H18BrClN4O3/c1-11-18-19(15(9-25)21(26)31-22(18)28-27-11)13-7-16(23)20(17(8-13)29-2)30-10-12-4-3-5-14(24)6-12/h3-8,19H,10,26H2,1-2H3,(H,27,28)/t19-/m1/s1. The molecule has 1 aliphatic rings. The number of H-pyrrole nitrogens is 1. The zero-order valence-corrected chi connectivity index (χ0v) is 19.0. The van der Waals surface area contributed by atoms with Crippen LogP contribution in [0.2, 0.25) is 5.02 Å². The molecule has 3 aromatic rings. The third-order valence-corrected chi connectivity index (χ3v) is 5.81. The van der Waals surface area contributed by atoms with Gasteiger partial charge in [-0.05, 0) is 58.2 Å². The van der Waals surface area contributed by atoms with Crippen molar-refractivity contribution in [3.8, 4) is 23.4 Å². The van der Waals surface area contributed by atoms with Gasteiger partial charge in [-0.3, -0.25) is 5.10 Å². The lowest BCUT2D eigenvalue weighted by Gasteiger charge is -2.25. The number of benzene rings is 2. The van der Waals surface area contributed by atoms with E-state index in [0.717, 1.165) is 22.4 Å². The minimum atomic E-state index is -0.459. The maximum atomic E-state index is 9.75.